The SMILES string of the molecule is C=C1C(=CC=C2CCC[C@]3(C)[C@@H]([C@@H](C)OCc4cccc(C(O)(CC)CC)c4)CC[C@@H]23)C[C@@H](O)C[C@@H]1O. The van der Waals surface area contributed by atoms with Crippen LogP contribution in [0.4, 0.5) is 0 Å². The lowest BCUT2D eigenvalue weighted by molar-refractivity contribution is -0.0333. The van der Waals surface area contributed by atoms with Gasteiger partial charge in [-0.25, -0.2) is 0 Å². The number of ether oxygens (including phenoxy) is 1. The molecule has 3 N–H and O–H groups in total. The van der Waals surface area contributed by atoms with E-state index in [2.05, 4.69) is 44.7 Å². The molecular formula is C33H48O4. The van der Waals surface area contributed by atoms with Crippen molar-refractivity contribution in [3.8, 4) is 0 Å². The number of hydrogen-bond acceptors (Lipinski definition) is 4. The standard InChI is InChI=1S/C33H48O4/c1-6-33(36,7-2)27-12-8-10-24(18-27)21-37-23(4)29-15-16-30-25(11-9-17-32(29,30)5)13-14-26-19-28(34)20-31(35)22(26)3/h8,10,12-14,18,23,28-31,34-36H,3,6-7,9,11,15-17,19-21H2,1-2,4-5H3/t23-,28-,29-,30+,31+,32-/m1/s1. The van der Waals surface area contributed by atoms with E-state index < -0.39 is 17.8 Å². The molecule has 204 valence electrons. The van der Waals surface area contributed by atoms with Crippen LogP contribution >= 0.6 is 0 Å². The van der Waals surface area contributed by atoms with E-state index in [-0.39, 0.29) is 11.5 Å². The second-order valence-electron chi connectivity index (χ2n) is 12.1. The molecule has 3 fully saturated rings. The van der Waals surface area contributed by atoms with Crippen LogP contribution in [0.5, 0.6) is 0 Å². The van der Waals surface area contributed by atoms with E-state index in [9.17, 15) is 15.3 Å². The van der Waals surface area contributed by atoms with Crippen LogP contribution < -0.4 is 0 Å². The molecule has 0 bridgehead atoms. The zero-order valence-electron chi connectivity index (χ0n) is 23.4. The summed E-state index contributed by atoms with van der Waals surface area (Å²) in [5.41, 5.74) is 4.80. The van der Waals surface area contributed by atoms with Crippen LogP contribution in [0.1, 0.15) is 96.6 Å². The van der Waals surface area contributed by atoms with Crippen molar-refractivity contribution in [3.63, 3.8) is 0 Å². The normalized spacial score (nSPS) is 33.6. The third-order valence-electron chi connectivity index (χ3n) is 10.0. The number of hydrogen-bond donors (Lipinski definition) is 3. The van der Waals surface area contributed by atoms with Crippen molar-refractivity contribution in [2.24, 2.45) is 17.3 Å². The van der Waals surface area contributed by atoms with Gasteiger partial charge >= 0.3 is 0 Å². The summed E-state index contributed by atoms with van der Waals surface area (Å²) in [6, 6.07) is 8.27. The van der Waals surface area contributed by atoms with Crippen LogP contribution in [0.2, 0.25) is 0 Å². The third kappa shape index (κ3) is 5.83. The van der Waals surface area contributed by atoms with E-state index in [4.69, 9.17) is 4.74 Å². The third-order valence-corrected chi connectivity index (χ3v) is 10.0. The number of aliphatic hydroxyl groups is 3. The molecule has 3 aliphatic rings. The molecule has 1 aromatic rings. The first kappa shape index (κ1) is 28.3. The van der Waals surface area contributed by atoms with Crippen LogP contribution in [0.25, 0.3) is 0 Å². The zero-order valence-corrected chi connectivity index (χ0v) is 23.4. The second kappa shape index (κ2) is 11.6. The highest BCUT2D eigenvalue weighted by atomic mass is 16.5. The van der Waals surface area contributed by atoms with Crippen LogP contribution in [0.3, 0.4) is 0 Å². The highest BCUT2D eigenvalue weighted by Gasteiger charge is 2.51. The minimum Gasteiger partial charge on any atom is -0.393 e. The minimum absolute atomic E-state index is 0.163. The van der Waals surface area contributed by atoms with Gasteiger partial charge in [-0.2, -0.15) is 0 Å². The van der Waals surface area contributed by atoms with Gasteiger partial charge in [0.05, 0.1) is 30.5 Å². The van der Waals surface area contributed by atoms with Gasteiger partial charge in [0, 0.05) is 6.42 Å². The Hall–Kier alpha value is -1.72. The van der Waals surface area contributed by atoms with Crippen molar-refractivity contribution in [2.45, 2.75) is 116 Å². The summed E-state index contributed by atoms with van der Waals surface area (Å²) < 4.78 is 6.51. The van der Waals surface area contributed by atoms with Crippen molar-refractivity contribution in [2.75, 3.05) is 0 Å². The summed E-state index contributed by atoms with van der Waals surface area (Å²) in [7, 11) is 0. The Morgan fingerprint density at radius 2 is 1.95 bits per heavy atom. The Morgan fingerprint density at radius 1 is 1.19 bits per heavy atom. The topological polar surface area (TPSA) is 69.9 Å². The molecule has 4 nitrogen and oxygen atoms in total. The molecule has 1 aromatic carbocycles. The Kier molecular flexibility index (Phi) is 8.85. The highest BCUT2D eigenvalue weighted by Crippen LogP contribution is 2.58. The van der Waals surface area contributed by atoms with E-state index in [1.807, 2.05) is 26.0 Å². The molecule has 0 spiro atoms. The summed E-state index contributed by atoms with van der Waals surface area (Å²) in [6.45, 7) is 13.4. The van der Waals surface area contributed by atoms with E-state index in [1.54, 1.807) is 0 Å². The zero-order chi connectivity index (χ0) is 26.8. The highest BCUT2D eigenvalue weighted by molar-refractivity contribution is 5.38. The lowest BCUT2D eigenvalue weighted by atomic mass is 9.62. The molecule has 0 radical (unpaired) electrons. The fraction of sp³-hybridized carbons (Fsp3) is 0.636. The lowest BCUT2D eigenvalue weighted by Gasteiger charge is -2.44. The van der Waals surface area contributed by atoms with Crippen LogP contribution in [0, 0.1) is 17.3 Å². The number of aliphatic hydroxyl groups excluding tert-OH is 2. The van der Waals surface area contributed by atoms with Gasteiger partial charge in [-0.1, -0.05) is 69.3 Å². The second-order valence-corrected chi connectivity index (χ2v) is 12.1. The molecule has 0 unspecified atom stereocenters. The monoisotopic (exact) mass is 508 g/mol. The van der Waals surface area contributed by atoms with Crippen molar-refractivity contribution >= 4 is 0 Å². The number of rotatable bonds is 8. The van der Waals surface area contributed by atoms with E-state index in [1.165, 1.54) is 31.3 Å². The van der Waals surface area contributed by atoms with Gasteiger partial charge in [-0.3, -0.25) is 0 Å². The Labute approximate surface area is 224 Å². The van der Waals surface area contributed by atoms with Gasteiger partial charge in [-0.05, 0) is 97.8 Å². The molecule has 0 heterocycles. The first-order valence-corrected chi connectivity index (χ1v) is 14.5. The molecule has 0 amide bonds. The van der Waals surface area contributed by atoms with Crippen molar-refractivity contribution in [1.82, 2.24) is 0 Å². The predicted molar refractivity (Wildman–Crippen MR) is 150 cm³/mol. The van der Waals surface area contributed by atoms with Gasteiger partial charge in [0.2, 0.25) is 0 Å². The number of fused-ring (bicyclic) bond motifs is 1. The van der Waals surface area contributed by atoms with Crippen molar-refractivity contribution in [3.05, 3.63) is 70.8 Å². The summed E-state index contributed by atoms with van der Waals surface area (Å²) in [5, 5.41) is 31.3. The fourth-order valence-corrected chi connectivity index (χ4v) is 7.47. The van der Waals surface area contributed by atoms with Crippen LogP contribution in [0.15, 0.2) is 59.7 Å². The molecule has 0 saturated heterocycles. The Bertz CT molecular complexity index is 1020. The summed E-state index contributed by atoms with van der Waals surface area (Å²) in [4.78, 5) is 0. The van der Waals surface area contributed by atoms with Gasteiger partial charge in [0.25, 0.3) is 0 Å². The molecule has 6 atom stereocenters. The average molecular weight is 509 g/mol. The maximum absolute atomic E-state index is 11.0. The molecule has 4 heteroatoms. The molecule has 37 heavy (non-hydrogen) atoms. The Morgan fingerprint density at radius 3 is 2.68 bits per heavy atom. The molecule has 4 rings (SSSR count). The van der Waals surface area contributed by atoms with Gasteiger partial charge < -0.3 is 20.1 Å². The van der Waals surface area contributed by atoms with E-state index in [0.29, 0.717) is 44.1 Å². The minimum atomic E-state index is -0.770. The maximum Gasteiger partial charge on any atom is 0.0891 e. The van der Waals surface area contributed by atoms with E-state index in [0.717, 1.165) is 28.7 Å². The fourth-order valence-electron chi connectivity index (χ4n) is 7.47. The summed E-state index contributed by atoms with van der Waals surface area (Å²) in [6.07, 6.45) is 11.7. The Balaban J connectivity index is 1.44. The summed E-state index contributed by atoms with van der Waals surface area (Å²) >= 11 is 0. The number of allylic oxidation sites excluding steroid dienone is 3. The molecular weight excluding hydrogens is 460 g/mol. The van der Waals surface area contributed by atoms with Crippen molar-refractivity contribution in [1.29, 1.82) is 0 Å². The van der Waals surface area contributed by atoms with Crippen LogP contribution in [-0.2, 0) is 16.9 Å². The van der Waals surface area contributed by atoms with E-state index >= 15 is 0 Å². The predicted octanol–water partition coefficient (Wildman–Crippen LogP) is 6.74. The van der Waals surface area contributed by atoms with Crippen LogP contribution in [-0.4, -0.2) is 33.6 Å². The molecule has 3 aliphatic carbocycles. The lowest BCUT2D eigenvalue weighted by Crippen LogP contribution is -2.38. The van der Waals surface area contributed by atoms with Gasteiger partial charge in [0.15, 0.2) is 0 Å². The van der Waals surface area contributed by atoms with Crippen molar-refractivity contribution < 1.29 is 20.1 Å². The molecule has 3 saturated carbocycles. The van der Waals surface area contributed by atoms with Gasteiger partial charge in [0.1, 0.15) is 0 Å². The maximum atomic E-state index is 11.0. The first-order chi connectivity index (χ1) is 17.6. The largest absolute Gasteiger partial charge is 0.393 e. The molecule has 0 aliphatic heterocycles. The van der Waals surface area contributed by atoms with Gasteiger partial charge in [-0.15, -0.1) is 0 Å². The first-order valence-electron chi connectivity index (χ1n) is 14.5. The summed E-state index contributed by atoms with van der Waals surface area (Å²) in [5.74, 6) is 1.06. The smallest absolute Gasteiger partial charge is 0.0891 e. The average Bonchev–Trinajstić information content (AvgIpc) is 3.25. The molecule has 0 aromatic heterocycles. The number of benzene rings is 1. The quantitative estimate of drug-likeness (QED) is 0.364.